The second-order valence-electron chi connectivity index (χ2n) is 9.01. The SMILES string of the molecule is CO/N=C1/CC2(CCN(C(=O)C3(F)CCN(Cc4coc(N)n4)CC3)CC2)Oc2ccsc21. The monoisotopic (exact) mass is 477 g/mol. The summed E-state index contributed by atoms with van der Waals surface area (Å²) in [5.41, 5.74) is 4.83. The average Bonchev–Trinajstić information content (AvgIpc) is 3.44. The average molecular weight is 478 g/mol. The summed E-state index contributed by atoms with van der Waals surface area (Å²) in [6.45, 7) is 2.42. The third-order valence-corrected chi connectivity index (χ3v) is 7.80. The largest absolute Gasteiger partial charge is 0.485 e. The molecule has 0 bridgehead atoms. The van der Waals surface area contributed by atoms with Gasteiger partial charge in [0, 0.05) is 64.8 Å². The Balaban J connectivity index is 1.18. The van der Waals surface area contributed by atoms with Crippen molar-refractivity contribution in [1.82, 2.24) is 14.8 Å². The number of hydrogen-bond acceptors (Lipinski definition) is 9. The number of halogens is 1. The third-order valence-electron chi connectivity index (χ3n) is 6.86. The number of oxime groups is 1. The van der Waals surface area contributed by atoms with E-state index in [0.717, 1.165) is 16.3 Å². The highest BCUT2D eigenvalue weighted by Gasteiger charge is 2.48. The Hall–Kier alpha value is -2.66. The molecule has 5 rings (SSSR count). The highest BCUT2D eigenvalue weighted by molar-refractivity contribution is 7.12. The Bertz CT molecular complexity index is 1040. The number of carbonyl (C=O) groups is 1. The second-order valence-corrected chi connectivity index (χ2v) is 9.92. The summed E-state index contributed by atoms with van der Waals surface area (Å²) in [5, 5.41) is 6.18. The molecule has 5 heterocycles. The van der Waals surface area contributed by atoms with Crippen LogP contribution in [0.2, 0.25) is 0 Å². The van der Waals surface area contributed by atoms with E-state index in [1.807, 2.05) is 11.4 Å². The quantitative estimate of drug-likeness (QED) is 0.675. The van der Waals surface area contributed by atoms with Gasteiger partial charge >= 0.3 is 0 Å². The highest BCUT2D eigenvalue weighted by atomic mass is 32.1. The number of hydrogen-bond donors (Lipinski definition) is 1. The van der Waals surface area contributed by atoms with Crippen LogP contribution in [0.4, 0.5) is 10.4 Å². The first kappa shape index (κ1) is 22.1. The normalized spacial score (nSPS) is 23.3. The second kappa shape index (κ2) is 8.60. The number of fused-ring (bicyclic) bond motifs is 1. The van der Waals surface area contributed by atoms with Gasteiger partial charge in [0.2, 0.25) is 0 Å². The van der Waals surface area contributed by atoms with Crippen molar-refractivity contribution in [3.05, 3.63) is 28.3 Å². The number of aromatic nitrogens is 1. The number of rotatable bonds is 4. The lowest BCUT2D eigenvalue weighted by Crippen LogP contribution is -2.57. The van der Waals surface area contributed by atoms with Gasteiger partial charge in [0.25, 0.3) is 11.9 Å². The van der Waals surface area contributed by atoms with Crippen LogP contribution < -0.4 is 10.5 Å². The Labute approximate surface area is 195 Å². The molecule has 2 fully saturated rings. The van der Waals surface area contributed by atoms with Crippen molar-refractivity contribution >= 4 is 29.0 Å². The number of ether oxygens (including phenoxy) is 1. The number of nitrogen functional groups attached to an aromatic ring is 1. The van der Waals surface area contributed by atoms with Crippen molar-refractivity contribution in [2.45, 2.75) is 49.9 Å². The zero-order chi connectivity index (χ0) is 23.1. The molecule has 2 N–H and O–H groups in total. The summed E-state index contributed by atoms with van der Waals surface area (Å²) < 4.78 is 27.1. The predicted octanol–water partition coefficient (Wildman–Crippen LogP) is 2.82. The predicted molar refractivity (Wildman–Crippen MR) is 121 cm³/mol. The summed E-state index contributed by atoms with van der Waals surface area (Å²) in [6.07, 6.45) is 3.73. The maximum Gasteiger partial charge on any atom is 0.292 e. The van der Waals surface area contributed by atoms with Crippen LogP contribution in [0.15, 0.2) is 27.3 Å². The van der Waals surface area contributed by atoms with Gasteiger partial charge in [-0.15, -0.1) is 11.3 Å². The number of piperidine rings is 2. The van der Waals surface area contributed by atoms with E-state index in [1.54, 1.807) is 16.2 Å². The molecule has 33 heavy (non-hydrogen) atoms. The number of anilines is 1. The van der Waals surface area contributed by atoms with Crippen LogP contribution >= 0.6 is 11.3 Å². The topological polar surface area (TPSA) is 106 Å². The standard InChI is InChI=1S/C22H28FN5O4S/c1-30-26-16-12-21(32-17-2-11-33-18(16)17)3-9-28(10-4-21)19(29)22(23)5-7-27(8-6-22)13-15-14-31-20(24)25-15/h2,11,14H,3-10,12-13H2,1H3,(H2,24,25)/b26-16-. The van der Waals surface area contributed by atoms with Crippen LogP contribution in [0.25, 0.3) is 0 Å². The van der Waals surface area contributed by atoms with Crippen molar-refractivity contribution in [3.63, 3.8) is 0 Å². The number of oxazole rings is 1. The Kier molecular flexibility index (Phi) is 5.77. The van der Waals surface area contributed by atoms with Crippen LogP contribution in [0.1, 0.15) is 42.7 Å². The van der Waals surface area contributed by atoms with Gasteiger partial charge in [-0.05, 0) is 11.4 Å². The van der Waals surface area contributed by atoms with Gasteiger partial charge in [0.05, 0.1) is 10.6 Å². The zero-order valence-electron chi connectivity index (χ0n) is 18.6. The molecule has 178 valence electrons. The molecular weight excluding hydrogens is 449 g/mol. The molecule has 3 aliphatic rings. The lowest BCUT2D eigenvalue weighted by molar-refractivity contribution is -0.151. The number of nitrogens with two attached hydrogens (primary N) is 1. The first-order valence-electron chi connectivity index (χ1n) is 11.2. The Morgan fingerprint density at radius 3 is 2.73 bits per heavy atom. The zero-order valence-corrected chi connectivity index (χ0v) is 19.4. The minimum atomic E-state index is -1.83. The van der Waals surface area contributed by atoms with Gasteiger partial charge in [0.15, 0.2) is 5.67 Å². The molecule has 0 aliphatic carbocycles. The molecule has 0 radical (unpaired) electrons. The molecule has 2 saturated heterocycles. The van der Waals surface area contributed by atoms with Gasteiger partial charge in [-0.3, -0.25) is 9.69 Å². The van der Waals surface area contributed by atoms with Crippen molar-refractivity contribution in [1.29, 1.82) is 0 Å². The van der Waals surface area contributed by atoms with E-state index in [4.69, 9.17) is 19.7 Å². The number of nitrogens with zero attached hydrogens (tertiary/aromatic N) is 4. The summed E-state index contributed by atoms with van der Waals surface area (Å²) in [7, 11) is 1.54. The smallest absolute Gasteiger partial charge is 0.292 e. The summed E-state index contributed by atoms with van der Waals surface area (Å²) in [4.78, 5) is 27.0. The van der Waals surface area contributed by atoms with Crippen LogP contribution in [-0.4, -0.2) is 71.0 Å². The lowest BCUT2D eigenvalue weighted by atomic mass is 9.83. The molecule has 0 saturated carbocycles. The lowest BCUT2D eigenvalue weighted by Gasteiger charge is -2.45. The Morgan fingerprint density at radius 2 is 2.06 bits per heavy atom. The number of alkyl halides is 1. The van der Waals surface area contributed by atoms with E-state index in [2.05, 4.69) is 15.0 Å². The third kappa shape index (κ3) is 4.31. The summed E-state index contributed by atoms with van der Waals surface area (Å²) in [5.74, 6) is 0.408. The number of amides is 1. The van der Waals surface area contributed by atoms with Gasteiger partial charge in [-0.1, -0.05) is 5.16 Å². The van der Waals surface area contributed by atoms with Gasteiger partial charge in [-0.2, -0.15) is 4.98 Å². The number of carbonyl (C=O) groups excluding carboxylic acids is 1. The fourth-order valence-corrected chi connectivity index (χ4v) is 5.81. The molecule has 9 nitrogen and oxygen atoms in total. The Morgan fingerprint density at radius 1 is 1.30 bits per heavy atom. The molecule has 3 aliphatic heterocycles. The molecule has 0 aromatic carbocycles. The van der Waals surface area contributed by atoms with E-state index < -0.39 is 17.2 Å². The molecule has 0 unspecified atom stereocenters. The van der Waals surface area contributed by atoms with E-state index in [0.29, 0.717) is 57.7 Å². The van der Waals surface area contributed by atoms with E-state index in [9.17, 15) is 4.79 Å². The molecule has 1 amide bonds. The maximum atomic E-state index is 15.7. The minimum Gasteiger partial charge on any atom is -0.485 e. The first-order valence-corrected chi connectivity index (χ1v) is 12.1. The van der Waals surface area contributed by atoms with Crippen molar-refractivity contribution in [2.75, 3.05) is 39.0 Å². The van der Waals surface area contributed by atoms with Gasteiger partial charge < -0.3 is 24.6 Å². The number of thiophene rings is 1. The highest BCUT2D eigenvalue weighted by Crippen LogP contribution is 2.42. The molecular formula is C22H28FN5O4S. The van der Waals surface area contributed by atoms with Gasteiger partial charge in [-0.25, -0.2) is 4.39 Å². The maximum absolute atomic E-state index is 15.7. The van der Waals surface area contributed by atoms with E-state index in [-0.39, 0.29) is 18.9 Å². The number of likely N-dealkylation sites (tertiary alicyclic amines) is 2. The van der Waals surface area contributed by atoms with Gasteiger partial charge in [0.1, 0.15) is 30.4 Å². The molecule has 0 atom stereocenters. The van der Waals surface area contributed by atoms with Crippen LogP contribution in [-0.2, 0) is 16.2 Å². The van der Waals surface area contributed by atoms with Crippen LogP contribution in [0, 0.1) is 0 Å². The molecule has 2 aromatic heterocycles. The summed E-state index contributed by atoms with van der Waals surface area (Å²) >= 11 is 1.58. The fraction of sp³-hybridized carbons (Fsp3) is 0.591. The molecule has 11 heteroatoms. The summed E-state index contributed by atoms with van der Waals surface area (Å²) in [6, 6.07) is 2.07. The van der Waals surface area contributed by atoms with Crippen LogP contribution in [0.5, 0.6) is 5.75 Å². The van der Waals surface area contributed by atoms with E-state index in [1.165, 1.54) is 13.4 Å². The minimum absolute atomic E-state index is 0.123. The molecule has 2 aromatic rings. The molecule has 1 spiro atoms. The van der Waals surface area contributed by atoms with Crippen LogP contribution in [0.3, 0.4) is 0 Å². The van der Waals surface area contributed by atoms with Crippen molar-refractivity contribution in [2.24, 2.45) is 5.16 Å². The van der Waals surface area contributed by atoms with E-state index >= 15 is 4.39 Å². The first-order chi connectivity index (χ1) is 15.9. The van der Waals surface area contributed by atoms with Crippen molar-refractivity contribution < 1.29 is 23.2 Å². The fourth-order valence-electron chi connectivity index (χ4n) is 5.01. The van der Waals surface area contributed by atoms with Crippen molar-refractivity contribution in [3.8, 4) is 5.75 Å².